The first-order valence-electron chi connectivity index (χ1n) is 4.88. The van der Waals surface area contributed by atoms with E-state index in [0.29, 0.717) is 6.54 Å². The number of nitrogens with zero attached hydrogens (tertiary/aromatic N) is 2. The van der Waals surface area contributed by atoms with Gasteiger partial charge in [0.2, 0.25) is 5.91 Å². The molecule has 1 heterocycles. The zero-order valence-corrected chi connectivity index (χ0v) is 9.00. The van der Waals surface area contributed by atoms with Crippen LogP contribution in [0.4, 0.5) is 0 Å². The van der Waals surface area contributed by atoms with Crippen molar-refractivity contribution in [1.82, 2.24) is 10.2 Å². The van der Waals surface area contributed by atoms with E-state index in [-0.39, 0.29) is 23.9 Å². The molecule has 4 heteroatoms. The maximum absolute atomic E-state index is 11.5. The number of carbonyl (C=O) groups is 1. The van der Waals surface area contributed by atoms with Gasteiger partial charge in [0.05, 0.1) is 12.5 Å². The summed E-state index contributed by atoms with van der Waals surface area (Å²) in [5, 5.41) is 11.5. The molecule has 1 aliphatic rings. The third-order valence-corrected chi connectivity index (χ3v) is 2.48. The summed E-state index contributed by atoms with van der Waals surface area (Å²) < 4.78 is 0. The number of amides is 1. The summed E-state index contributed by atoms with van der Waals surface area (Å²) in [5.74, 6) is -0.0206. The molecule has 1 aliphatic heterocycles. The molecule has 1 unspecified atom stereocenters. The highest BCUT2D eigenvalue weighted by atomic mass is 16.2. The van der Waals surface area contributed by atoms with Crippen molar-refractivity contribution < 1.29 is 4.79 Å². The number of hydrogen-bond acceptors (Lipinski definition) is 3. The Bertz CT molecular complexity index is 262. The Labute approximate surface area is 84.9 Å². The van der Waals surface area contributed by atoms with Crippen LogP contribution in [0.2, 0.25) is 0 Å². The Hall–Kier alpha value is -1.08. The minimum atomic E-state index is -0.284. The second-order valence-corrected chi connectivity index (χ2v) is 4.53. The first kappa shape index (κ1) is 11.0. The van der Waals surface area contributed by atoms with Crippen molar-refractivity contribution >= 4 is 5.91 Å². The van der Waals surface area contributed by atoms with E-state index in [1.165, 1.54) is 0 Å². The largest absolute Gasteiger partial charge is 0.353 e. The molecule has 78 valence electrons. The summed E-state index contributed by atoms with van der Waals surface area (Å²) in [5.41, 5.74) is -0.0563. The van der Waals surface area contributed by atoms with Crippen LogP contribution in [0.3, 0.4) is 0 Å². The maximum Gasteiger partial charge on any atom is 0.238 e. The lowest BCUT2D eigenvalue weighted by Crippen LogP contribution is -2.60. The van der Waals surface area contributed by atoms with Crippen molar-refractivity contribution in [2.24, 2.45) is 0 Å². The summed E-state index contributed by atoms with van der Waals surface area (Å²) in [6.07, 6.45) is 0.267. The quantitative estimate of drug-likeness (QED) is 0.663. The molecule has 0 aromatic rings. The van der Waals surface area contributed by atoms with Gasteiger partial charge in [0.1, 0.15) is 6.04 Å². The van der Waals surface area contributed by atoms with Gasteiger partial charge in [-0.25, -0.2) is 0 Å². The van der Waals surface area contributed by atoms with Crippen LogP contribution in [-0.2, 0) is 4.79 Å². The van der Waals surface area contributed by atoms with Gasteiger partial charge in [0.15, 0.2) is 0 Å². The molecule has 0 radical (unpaired) electrons. The predicted molar refractivity (Wildman–Crippen MR) is 53.5 cm³/mol. The SMILES string of the molecule is CC(C)(C)N1CCNC(=O)C1CC#N. The van der Waals surface area contributed by atoms with Crippen LogP contribution in [-0.4, -0.2) is 35.5 Å². The highest BCUT2D eigenvalue weighted by molar-refractivity contribution is 5.82. The lowest BCUT2D eigenvalue weighted by Gasteiger charge is -2.43. The van der Waals surface area contributed by atoms with Crippen LogP contribution in [0, 0.1) is 11.3 Å². The Kier molecular flexibility index (Phi) is 3.12. The van der Waals surface area contributed by atoms with E-state index in [1.807, 2.05) is 0 Å². The summed E-state index contributed by atoms with van der Waals surface area (Å²) in [4.78, 5) is 13.6. The lowest BCUT2D eigenvalue weighted by atomic mass is 9.99. The van der Waals surface area contributed by atoms with Crippen molar-refractivity contribution in [2.45, 2.75) is 38.8 Å². The molecule has 0 saturated carbocycles. The number of rotatable bonds is 1. The van der Waals surface area contributed by atoms with Crippen molar-refractivity contribution in [3.05, 3.63) is 0 Å². The molecule has 4 nitrogen and oxygen atoms in total. The number of piperazine rings is 1. The highest BCUT2D eigenvalue weighted by Gasteiger charge is 2.35. The highest BCUT2D eigenvalue weighted by Crippen LogP contribution is 2.20. The number of hydrogen-bond donors (Lipinski definition) is 1. The molecule has 1 atom stereocenters. The zero-order chi connectivity index (χ0) is 10.8. The van der Waals surface area contributed by atoms with Crippen LogP contribution in [0.1, 0.15) is 27.2 Å². The van der Waals surface area contributed by atoms with Crippen LogP contribution in [0.5, 0.6) is 0 Å². The zero-order valence-electron chi connectivity index (χ0n) is 9.00. The van der Waals surface area contributed by atoms with E-state index in [9.17, 15) is 4.79 Å². The van der Waals surface area contributed by atoms with Gasteiger partial charge in [0.25, 0.3) is 0 Å². The number of nitriles is 1. The van der Waals surface area contributed by atoms with Crippen LogP contribution in [0.15, 0.2) is 0 Å². The third-order valence-electron chi connectivity index (χ3n) is 2.48. The van der Waals surface area contributed by atoms with E-state index in [4.69, 9.17) is 5.26 Å². The monoisotopic (exact) mass is 195 g/mol. The molecule has 0 aliphatic carbocycles. The minimum absolute atomic E-state index is 0.0206. The van der Waals surface area contributed by atoms with Gasteiger partial charge in [-0.15, -0.1) is 0 Å². The van der Waals surface area contributed by atoms with Crippen molar-refractivity contribution in [3.63, 3.8) is 0 Å². The van der Waals surface area contributed by atoms with Gasteiger partial charge in [-0.3, -0.25) is 9.69 Å². The first-order chi connectivity index (χ1) is 6.46. The predicted octanol–water partition coefficient (Wildman–Crippen LogP) is 0.499. The van der Waals surface area contributed by atoms with Gasteiger partial charge < -0.3 is 5.32 Å². The second kappa shape index (κ2) is 3.97. The van der Waals surface area contributed by atoms with E-state index in [0.717, 1.165) is 6.54 Å². The van der Waals surface area contributed by atoms with Crippen LogP contribution < -0.4 is 5.32 Å². The van der Waals surface area contributed by atoms with Crippen LogP contribution >= 0.6 is 0 Å². The van der Waals surface area contributed by atoms with Gasteiger partial charge >= 0.3 is 0 Å². The standard InChI is InChI=1S/C10H17N3O/c1-10(2,3)13-7-6-12-9(14)8(13)4-5-11/h8H,4,6-7H2,1-3H3,(H,12,14). The van der Waals surface area contributed by atoms with Gasteiger partial charge in [0, 0.05) is 18.6 Å². The van der Waals surface area contributed by atoms with Gasteiger partial charge in [-0.05, 0) is 20.8 Å². The first-order valence-corrected chi connectivity index (χ1v) is 4.88. The Morgan fingerprint density at radius 3 is 2.79 bits per heavy atom. The minimum Gasteiger partial charge on any atom is -0.353 e. The molecule has 1 fully saturated rings. The topological polar surface area (TPSA) is 56.1 Å². The summed E-state index contributed by atoms with van der Waals surface area (Å²) in [6.45, 7) is 7.70. The molecule has 0 aromatic heterocycles. The fourth-order valence-electron chi connectivity index (χ4n) is 1.81. The molecule has 1 rings (SSSR count). The summed E-state index contributed by atoms with van der Waals surface area (Å²) in [6, 6.07) is 1.78. The molecular weight excluding hydrogens is 178 g/mol. The Morgan fingerprint density at radius 1 is 1.64 bits per heavy atom. The molecular formula is C10H17N3O. The van der Waals surface area contributed by atoms with Gasteiger partial charge in [-0.1, -0.05) is 0 Å². The molecule has 0 aromatic carbocycles. The average Bonchev–Trinajstić information content (AvgIpc) is 2.07. The van der Waals surface area contributed by atoms with Crippen molar-refractivity contribution in [3.8, 4) is 6.07 Å². The fourth-order valence-corrected chi connectivity index (χ4v) is 1.81. The summed E-state index contributed by atoms with van der Waals surface area (Å²) in [7, 11) is 0. The van der Waals surface area contributed by atoms with E-state index < -0.39 is 0 Å². The molecule has 1 amide bonds. The van der Waals surface area contributed by atoms with Crippen LogP contribution in [0.25, 0.3) is 0 Å². The summed E-state index contributed by atoms with van der Waals surface area (Å²) >= 11 is 0. The normalized spacial score (nSPS) is 24.1. The molecule has 1 saturated heterocycles. The fraction of sp³-hybridized carbons (Fsp3) is 0.800. The van der Waals surface area contributed by atoms with Gasteiger partial charge in [-0.2, -0.15) is 5.26 Å². The number of carbonyl (C=O) groups excluding carboxylic acids is 1. The maximum atomic E-state index is 11.5. The van der Waals surface area contributed by atoms with E-state index in [2.05, 4.69) is 37.1 Å². The molecule has 14 heavy (non-hydrogen) atoms. The smallest absolute Gasteiger partial charge is 0.238 e. The van der Waals surface area contributed by atoms with Crippen molar-refractivity contribution in [1.29, 1.82) is 5.26 Å². The Morgan fingerprint density at radius 2 is 2.29 bits per heavy atom. The Balaban J connectivity index is 2.81. The number of nitrogens with one attached hydrogen (secondary N) is 1. The third kappa shape index (κ3) is 2.24. The van der Waals surface area contributed by atoms with Crippen molar-refractivity contribution in [2.75, 3.05) is 13.1 Å². The van der Waals surface area contributed by atoms with E-state index in [1.54, 1.807) is 0 Å². The lowest BCUT2D eigenvalue weighted by molar-refractivity contribution is -0.131. The molecule has 0 spiro atoms. The average molecular weight is 195 g/mol. The van der Waals surface area contributed by atoms with E-state index >= 15 is 0 Å². The molecule has 1 N–H and O–H groups in total. The second-order valence-electron chi connectivity index (χ2n) is 4.53. The molecule has 0 bridgehead atoms.